The first-order chi connectivity index (χ1) is 49.3. The SMILES string of the molecule is COc1ccc(C(OCCCC(CCCOC(c2ccccc2)(c2ccc(OC)cc2)c2ccc(OC)cc2)(CCCOC(c2ccccc2)(c2ccc(OC)cc2)c2ccc(OC)cc2)N(C)CCCOC(OCCC#N)N(C(C)C)C(C)C)(c2ccccc2)c2ccc(OC)cc2)cc1. The van der Waals surface area contributed by atoms with Crippen LogP contribution in [0.4, 0.5) is 0 Å². The molecule has 0 saturated heterocycles. The maximum Gasteiger partial charge on any atom is 0.219 e. The Bertz CT molecular complexity index is 3360. The summed E-state index contributed by atoms with van der Waals surface area (Å²) in [6.07, 6.45) is 4.54. The van der Waals surface area contributed by atoms with E-state index in [-0.39, 0.29) is 25.1 Å². The zero-order valence-corrected chi connectivity index (χ0v) is 61.0. The number of nitrogens with zero attached hydrogens (tertiary/aromatic N) is 3. The average Bonchev–Trinajstić information content (AvgIpc) is 0.768. The summed E-state index contributed by atoms with van der Waals surface area (Å²) in [5.74, 6) is 4.49. The van der Waals surface area contributed by atoms with Gasteiger partial charge in [0.15, 0.2) is 0 Å². The fourth-order valence-electron chi connectivity index (χ4n) is 14.3. The molecular weight excluding hydrogens is 1260 g/mol. The summed E-state index contributed by atoms with van der Waals surface area (Å²) in [5.41, 5.74) is 5.12. The third kappa shape index (κ3) is 18.4. The van der Waals surface area contributed by atoms with Gasteiger partial charge in [-0.3, -0.25) is 4.90 Å². The molecule has 0 bridgehead atoms. The van der Waals surface area contributed by atoms with Crippen LogP contribution in [0, 0.1) is 11.3 Å². The molecule has 1 unspecified atom stereocenters. The zero-order valence-electron chi connectivity index (χ0n) is 61.0. The minimum atomic E-state index is -1.04. The van der Waals surface area contributed by atoms with Gasteiger partial charge in [0.25, 0.3) is 0 Å². The van der Waals surface area contributed by atoms with Gasteiger partial charge in [-0.05, 0) is 203 Å². The Balaban J connectivity index is 1.15. The van der Waals surface area contributed by atoms with Crippen molar-refractivity contribution in [1.82, 2.24) is 9.80 Å². The van der Waals surface area contributed by atoms with Crippen molar-refractivity contribution in [3.05, 3.63) is 287 Å². The minimum absolute atomic E-state index is 0.129. The molecular formula is C87H103N3O11. The summed E-state index contributed by atoms with van der Waals surface area (Å²) in [6.45, 7) is 11.1. The Morgan fingerprint density at radius 1 is 0.327 bits per heavy atom. The number of nitriles is 1. The monoisotopic (exact) mass is 1370 g/mol. The second kappa shape index (κ2) is 37.6. The van der Waals surface area contributed by atoms with Crippen LogP contribution in [0.1, 0.15) is 129 Å². The Kier molecular flexibility index (Phi) is 28.4. The molecule has 0 amide bonds. The maximum absolute atomic E-state index is 9.58. The first-order valence-corrected chi connectivity index (χ1v) is 35.3. The van der Waals surface area contributed by atoms with Crippen LogP contribution in [-0.2, 0) is 40.5 Å². The van der Waals surface area contributed by atoms with E-state index in [1.165, 1.54) is 0 Å². The number of rotatable bonds is 42. The van der Waals surface area contributed by atoms with Crippen LogP contribution in [0.5, 0.6) is 34.5 Å². The fourth-order valence-corrected chi connectivity index (χ4v) is 14.3. The van der Waals surface area contributed by atoms with Gasteiger partial charge in [0.2, 0.25) is 6.41 Å². The highest BCUT2D eigenvalue weighted by atomic mass is 16.7. The number of hydrogen-bond acceptors (Lipinski definition) is 14. The average molecular weight is 1370 g/mol. The van der Waals surface area contributed by atoms with Crippen molar-refractivity contribution in [2.24, 2.45) is 0 Å². The Morgan fingerprint density at radius 2 is 0.574 bits per heavy atom. The molecule has 14 nitrogen and oxygen atoms in total. The van der Waals surface area contributed by atoms with Gasteiger partial charge in [-0.15, -0.1) is 0 Å². The number of ether oxygens (including phenoxy) is 11. The van der Waals surface area contributed by atoms with Crippen LogP contribution >= 0.6 is 0 Å². The van der Waals surface area contributed by atoms with E-state index in [1.54, 1.807) is 42.7 Å². The van der Waals surface area contributed by atoms with Crippen LogP contribution < -0.4 is 28.4 Å². The van der Waals surface area contributed by atoms with Crippen LogP contribution in [0.15, 0.2) is 237 Å². The molecule has 0 aliphatic rings. The molecule has 0 N–H and O–H groups in total. The molecule has 0 saturated carbocycles. The van der Waals surface area contributed by atoms with E-state index in [0.717, 1.165) is 104 Å². The van der Waals surface area contributed by atoms with Gasteiger partial charge >= 0.3 is 0 Å². The van der Waals surface area contributed by atoms with E-state index < -0.39 is 28.8 Å². The van der Waals surface area contributed by atoms with E-state index in [0.29, 0.717) is 58.7 Å². The van der Waals surface area contributed by atoms with Crippen molar-refractivity contribution in [2.45, 2.75) is 120 Å². The van der Waals surface area contributed by atoms with Crippen molar-refractivity contribution < 1.29 is 52.1 Å². The second-order valence-electron chi connectivity index (χ2n) is 26.0. The lowest BCUT2D eigenvalue weighted by Gasteiger charge is -2.44. The lowest BCUT2D eigenvalue weighted by molar-refractivity contribution is -0.240. The molecule has 1 atom stereocenters. The Morgan fingerprint density at radius 3 is 0.812 bits per heavy atom. The van der Waals surface area contributed by atoms with Gasteiger partial charge in [0.05, 0.1) is 68.4 Å². The molecule has 101 heavy (non-hydrogen) atoms. The van der Waals surface area contributed by atoms with Crippen molar-refractivity contribution in [3.63, 3.8) is 0 Å². The third-order valence-electron chi connectivity index (χ3n) is 19.5. The molecule has 0 fully saturated rings. The molecule has 0 aliphatic heterocycles. The zero-order chi connectivity index (χ0) is 71.5. The molecule has 9 aromatic carbocycles. The summed E-state index contributed by atoms with van der Waals surface area (Å²) in [5, 5.41) is 9.58. The predicted octanol–water partition coefficient (Wildman–Crippen LogP) is 17.8. The number of methoxy groups -OCH3 is 6. The van der Waals surface area contributed by atoms with E-state index >= 15 is 0 Å². The molecule has 0 radical (unpaired) electrons. The highest BCUT2D eigenvalue weighted by Crippen LogP contribution is 2.47. The Labute approximate surface area is 600 Å². The molecule has 9 rings (SSSR count). The maximum atomic E-state index is 9.58. The summed E-state index contributed by atoms with van der Waals surface area (Å²) in [4.78, 5) is 4.79. The Hall–Kier alpha value is -9.01. The van der Waals surface area contributed by atoms with E-state index in [9.17, 15) is 5.26 Å². The standard InChI is InChI=1S/C87H103N3O11/c1-66(2)90(67(3)4)83(97-61-24-59-88)98-62-25-60-89(5)84(56-21-63-99-85(68-26-15-12-16-27-68,71-32-44-77(91-6)45-33-71)72-34-46-78(92-7)47-35-72,57-22-64-100-86(69-28-17-13-18-29-69,73-36-48-79(93-8)49-37-73)74-38-50-80(94-9)51-39-74)58-23-65-101-87(70-30-19-14-20-31-70,75-40-52-81(95-10)53-41-75)76-42-54-82(96-11)55-43-76/h12-20,26-55,66-67,83H,21-25,56-58,60-65H2,1-11H3. The topological polar surface area (TPSA) is 132 Å². The van der Waals surface area contributed by atoms with Crippen molar-refractivity contribution in [1.29, 1.82) is 5.26 Å². The fraction of sp³-hybridized carbons (Fsp3) is 0.368. The number of hydrogen-bond donors (Lipinski definition) is 0. The van der Waals surface area contributed by atoms with Gasteiger partial charge in [0, 0.05) is 44.0 Å². The van der Waals surface area contributed by atoms with Crippen LogP contribution in [0.2, 0.25) is 0 Å². The molecule has 0 spiro atoms. The van der Waals surface area contributed by atoms with E-state index in [4.69, 9.17) is 52.1 Å². The molecule has 0 aliphatic carbocycles. The minimum Gasteiger partial charge on any atom is -0.497 e. The highest BCUT2D eigenvalue weighted by molar-refractivity contribution is 5.53. The quantitative estimate of drug-likeness (QED) is 0.0204. The summed E-state index contributed by atoms with van der Waals surface area (Å²) < 4.78 is 70.6. The van der Waals surface area contributed by atoms with Gasteiger partial charge in [0.1, 0.15) is 51.3 Å². The van der Waals surface area contributed by atoms with E-state index in [2.05, 4.69) is 196 Å². The lowest BCUT2D eigenvalue weighted by atomic mass is 9.79. The summed E-state index contributed by atoms with van der Waals surface area (Å²) >= 11 is 0. The van der Waals surface area contributed by atoms with Crippen molar-refractivity contribution in [3.8, 4) is 40.6 Å². The largest absolute Gasteiger partial charge is 0.497 e. The van der Waals surface area contributed by atoms with Crippen LogP contribution in [-0.4, -0.2) is 123 Å². The molecule has 9 aromatic rings. The lowest BCUT2D eigenvalue weighted by Crippen LogP contribution is -2.49. The van der Waals surface area contributed by atoms with Crippen molar-refractivity contribution >= 4 is 0 Å². The first kappa shape index (κ1) is 76.2. The second-order valence-corrected chi connectivity index (χ2v) is 26.0. The molecule has 0 aromatic heterocycles. The van der Waals surface area contributed by atoms with Crippen LogP contribution in [0.3, 0.4) is 0 Å². The first-order valence-electron chi connectivity index (χ1n) is 35.3. The smallest absolute Gasteiger partial charge is 0.219 e. The van der Waals surface area contributed by atoms with Gasteiger partial charge in [-0.1, -0.05) is 164 Å². The summed E-state index contributed by atoms with van der Waals surface area (Å²) in [7, 11) is 12.4. The van der Waals surface area contributed by atoms with E-state index in [1.807, 2.05) is 91.0 Å². The molecule has 532 valence electrons. The highest BCUT2D eigenvalue weighted by Gasteiger charge is 2.43. The number of benzene rings is 9. The molecule has 0 heterocycles. The predicted molar refractivity (Wildman–Crippen MR) is 401 cm³/mol. The summed E-state index contributed by atoms with van der Waals surface area (Å²) in [6, 6.07) is 83.3. The van der Waals surface area contributed by atoms with Crippen LogP contribution in [0.25, 0.3) is 0 Å². The van der Waals surface area contributed by atoms with Gasteiger partial charge < -0.3 is 57.0 Å². The van der Waals surface area contributed by atoms with Gasteiger partial charge in [-0.2, -0.15) is 5.26 Å². The van der Waals surface area contributed by atoms with Crippen molar-refractivity contribution in [2.75, 3.05) is 89.3 Å². The third-order valence-corrected chi connectivity index (χ3v) is 19.5. The molecule has 14 heteroatoms. The normalized spacial score (nSPS) is 12.4. The van der Waals surface area contributed by atoms with Gasteiger partial charge in [-0.25, -0.2) is 0 Å².